The fraction of sp³-hybridized carbons (Fsp3) is 0.906. The number of allylic oxidation sites excluding steroid dienone is 4. The van der Waals surface area contributed by atoms with Crippen LogP contribution in [0.25, 0.3) is 0 Å². The number of carbonyl (C=O) groups is 1. The van der Waals surface area contributed by atoms with E-state index < -0.39 is 12.1 Å². The fourth-order valence-corrected chi connectivity index (χ4v) is 7.24. The number of rotatable bonds is 46. The summed E-state index contributed by atoms with van der Waals surface area (Å²) in [6.45, 7) is 10.7. The Morgan fingerprint density at radius 1 is 0.368 bits per heavy atom. The van der Waals surface area contributed by atoms with Crippen molar-refractivity contribution in [3.05, 3.63) is 24.3 Å². The second kappa shape index (κ2) is 54.9. The minimum Gasteiger partial charge on any atom is -0.464 e. The van der Waals surface area contributed by atoms with E-state index in [4.69, 9.17) is 14.6 Å². The Bertz CT molecular complexity index is 735. The van der Waals surface area contributed by atoms with Crippen LogP contribution in [0.2, 0.25) is 0 Å². The van der Waals surface area contributed by atoms with Crippen molar-refractivity contribution in [1.82, 2.24) is 0 Å². The van der Waals surface area contributed by atoms with E-state index in [0.717, 1.165) is 26.1 Å². The molecule has 0 amide bonds. The van der Waals surface area contributed by atoms with Crippen LogP contribution in [0.3, 0.4) is 0 Å². The summed E-state index contributed by atoms with van der Waals surface area (Å²) in [5.74, 6) is -0.506. The minimum atomic E-state index is -0.993. The number of aliphatic hydroxyl groups excluding tert-OH is 1. The van der Waals surface area contributed by atoms with Gasteiger partial charge in [0.2, 0.25) is 0 Å². The van der Waals surface area contributed by atoms with Crippen LogP contribution in [0, 0.1) is 0 Å². The van der Waals surface area contributed by atoms with Gasteiger partial charge >= 0.3 is 5.97 Å². The quantitative estimate of drug-likeness (QED) is 0.0378. The maximum absolute atomic E-state index is 11.0. The van der Waals surface area contributed by atoms with Gasteiger partial charge in [0.25, 0.3) is 0 Å². The highest BCUT2D eigenvalue weighted by Gasteiger charge is 2.08. The zero-order chi connectivity index (χ0) is 41.8. The van der Waals surface area contributed by atoms with Crippen molar-refractivity contribution >= 4 is 5.97 Å². The summed E-state index contributed by atoms with van der Waals surface area (Å²) in [7, 11) is 0. The summed E-state index contributed by atoms with van der Waals surface area (Å²) < 4.78 is 10.8. The molecule has 4 heteroatoms. The van der Waals surface area contributed by atoms with Crippen molar-refractivity contribution in [3.63, 3.8) is 0 Å². The maximum Gasteiger partial charge on any atom is 0.334 e. The molecule has 0 spiro atoms. The zero-order valence-electron chi connectivity index (χ0n) is 39.5. The first-order valence-electron chi connectivity index (χ1n) is 25.8. The van der Waals surface area contributed by atoms with Gasteiger partial charge in [-0.05, 0) is 77.6 Å². The SMILES string of the molecule is CCCCCCCC/C=C\CCCCCCCCOCCCCCCCC/C=C\CCCCCCCC.CCCCCCCCCCCCCCOC(=O)C(C)O. The summed E-state index contributed by atoms with van der Waals surface area (Å²) in [6, 6.07) is 0. The van der Waals surface area contributed by atoms with Crippen molar-refractivity contribution in [2.45, 2.75) is 291 Å². The molecule has 0 saturated carbocycles. The standard InChI is InChI=1S/C36H70O.C17H34O3/c1-3-5-7-9-11-13-15-17-19-21-23-25-27-29-31-33-35-37-36-34-32-30-28-26-24-22-20-18-16-14-12-10-8-6-4-2;1-3-4-5-6-7-8-9-10-11-12-13-14-15-20-17(19)16(2)18/h17-20H,3-16,21-36H2,1-2H3;16,18H,3-15H2,1-2H3/b19-17-,20-18-;. The van der Waals surface area contributed by atoms with Crippen molar-refractivity contribution in [1.29, 1.82) is 0 Å². The first-order chi connectivity index (χ1) is 28.1. The monoisotopic (exact) mass is 805 g/mol. The van der Waals surface area contributed by atoms with Gasteiger partial charge in [-0.1, -0.05) is 231 Å². The van der Waals surface area contributed by atoms with E-state index in [1.165, 1.54) is 251 Å². The molecule has 0 radical (unpaired) electrons. The van der Waals surface area contributed by atoms with Gasteiger partial charge in [0.15, 0.2) is 0 Å². The summed E-state index contributed by atoms with van der Waals surface area (Å²) in [4.78, 5) is 11.0. The van der Waals surface area contributed by atoms with Crippen molar-refractivity contribution in [2.24, 2.45) is 0 Å². The van der Waals surface area contributed by atoms with E-state index in [1.54, 1.807) is 0 Å². The molecule has 1 N–H and O–H groups in total. The van der Waals surface area contributed by atoms with Crippen LogP contribution in [-0.4, -0.2) is 37.0 Å². The largest absolute Gasteiger partial charge is 0.464 e. The third kappa shape index (κ3) is 57.0. The lowest BCUT2D eigenvalue weighted by Gasteiger charge is -2.06. The van der Waals surface area contributed by atoms with Crippen molar-refractivity contribution in [3.8, 4) is 0 Å². The van der Waals surface area contributed by atoms with Gasteiger partial charge in [-0.15, -0.1) is 0 Å². The lowest BCUT2D eigenvalue weighted by molar-refractivity contribution is -0.152. The molecular weight excluding hydrogens is 701 g/mol. The van der Waals surface area contributed by atoms with E-state index >= 15 is 0 Å². The third-order valence-corrected chi connectivity index (χ3v) is 11.2. The molecule has 0 aromatic rings. The lowest BCUT2D eigenvalue weighted by Crippen LogP contribution is -2.19. The highest BCUT2D eigenvalue weighted by Crippen LogP contribution is 2.14. The van der Waals surface area contributed by atoms with Crippen molar-refractivity contribution in [2.75, 3.05) is 19.8 Å². The Morgan fingerprint density at radius 2 is 0.596 bits per heavy atom. The Balaban J connectivity index is 0. The van der Waals surface area contributed by atoms with Crippen LogP contribution in [0.5, 0.6) is 0 Å². The number of ether oxygens (including phenoxy) is 2. The predicted octanol–water partition coefficient (Wildman–Crippen LogP) is 17.7. The number of hydrogen-bond acceptors (Lipinski definition) is 4. The zero-order valence-corrected chi connectivity index (χ0v) is 39.5. The van der Waals surface area contributed by atoms with Crippen LogP contribution >= 0.6 is 0 Å². The van der Waals surface area contributed by atoms with E-state index in [2.05, 4.69) is 45.1 Å². The first kappa shape index (κ1) is 58.0. The number of esters is 1. The van der Waals surface area contributed by atoms with Crippen LogP contribution in [-0.2, 0) is 14.3 Å². The molecule has 0 aromatic carbocycles. The van der Waals surface area contributed by atoms with Crippen LogP contribution < -0.4 is 0 Å². The van der Waals surface area contributed by atoms with Crippen LogP contribution in [0.15, 0.2) is 24.3 Å². The number of carbonyl (C=O) groups excluding carboxylic acids is 1. The van der Waals surface area contributed by atoms with Crippen LogP contribution in [0.4, 0.5) is 0 Å². The second-order valence-corrected chi connectivity index (χ2v) is 17.2. The van der Waals surface area contributed by atoms with Gasteiger partial charge in [-0.25, -0.2) is 4.79 Å². The number of unbranched alkanes of at least 4 members (excludes halogenated alkanes) is 35. The maximum atomic E-state index is 11.0. The van der Waals surface area contributed by atoms with Gasteiger partial charge in [0, 0.05) is 13.2 Å². The summed E-state index contributed by atoms with van der Waals surface area (Å²) >= 11 is 0. The summed E-state index contributed by atoms with van der Waals surface area (Å²) in [6.07, 6.45) is 62.7. The minimum absolute atomic E-state index is 0.446. The Morgan fingerprint density at radius 3 is 0.860 bits per heavy atom. The molecule has 1 unspecified atom stereocenters. The van der Waals surface area contributed by atoms with Gasteiger partial charge in [0.05, 0.1) is 6.61 Å². The molecule has 4 nitrogen and oxygen atoms in total. The molecule has 0 fully saturated rings. The van der Waals surface area contributed by atoms with Crippen molar-refractivity contribution < 1.29 is 19.4 Å². The van der Waals surface area contributed by atoms with E-state index in [-0.39, 0.29) is 0 Å². The molecule has 0 aliphatic carbocycles. The average Bonchev–Trinajstić information content (AvgIpc) is 3.21. The van der Waals surface area contributed by atoms with E-state index in [1.807, 2.05) is 0 Å². The first-order valence-corrected chi connectivity index (χ1v) is 25.8. The van der Waals surface area contributed by atoms with Crippen LogP contribution in [0.1, 0.15) is 285 Å². The predicted molar refractivity (Wildman–Crippen MR) is 253 cm³/mol. The molecule has 0 saturated heterocycles. The van der Waals surface area contributed by atoms with E-state index in [0.29, 0.717) is 6.61 Å². The highest BCUT2D eigenvalue weighted by atomic mass is 16.5. The smallest absolute Gasteiger partial charge is 0.334 e. The normalized spacial score (nSPS) is 12.1. The van der Waals surface area contributed by atoms with E-state index in [9.17, 15) is 4.79 Å². The lowest BCUT2D eigenvalue weighted by atomic mass is 10.1. The summed E-state index contributed by atoms with van der Waals surface area (Å²) in [5, 5.41) is 8.94. The van der Waals surface area contributed by atoms with Gasteiger partial charge < -0.3 is 14.6 Å². The molecule has 1 atom stereocenters. The molecule has 0 bridgehead atoms. The topological polar surface area (TPSA) is 55.8 Å². The average molecular weight is 805 g/mol. The summed E-state index contributed by atoms with van der Waals surface area (Å²) in [5.41, 5.74) is 0. The molecule has 0 heterocycles. The molecule has 57 heavy (non-hydrogen) atoms. The second-order valence-electron chi connectivity index (χ2n) is 17.2. The molecule has 0 aliphatic heterocycles. The third-order valence-electron chi connectivity index (χ3n) is 11.2. The molecular formula is C53H104O4. The van der Waals surface area contributed by atoms with Gasteiger partial charge in [-0.2, -0.15) is 0 Å². The molecule has 0 aliphatic rings. The van der Waals surface area contributed by atoms with Gasteiger partial charge in [0.1, 0.15) is 6.10 Å². The highest BCUT2D eigenvalue weighted by molar-refractivity contribution is 5.73. The Hall–Kier alpha value is -1.13. The Kier molecular flexibility index (Phi) is 55.8. The molecule has 0 rings (SSSR count). The number of aliphatic hydroxyl groups is 1. The fourth-order valence-electron chi connectivity index (χ4n) is 7.24. The molecule has 0 aromatic heterocycles. The Labute approximate surface area is 359 Å². The molecule has 340 valence electrons. The van der Waals surface area contributed by atoms with Gasteiger partial charge in [-0.3, -0.25) is 0 Å². The number of hydrogen-bond donors (Lipinski definition) is 1.